The van der Waals surface area contributed by atoms with Gasteiger partial charge in [0, 0.05) is 29.4 Å². The number of aromatic nitrogens is 1. The Morgan fingerprint density at radius 1 is 1.11 bits per heavy atom. The fourth-order valence-electron chi connectivity index (χ4n) is 7.74. The molecule has 0 unspecified atom stereocenters. The fourth-order valence-corrected chi connectivity index (χ4v) is 10.5. The van der Waals surface area contributed by atoms with E-state index in [-0.39, 0.29) is 31.6 Å². The molecule has 3 N–H and O–H groups in total. The molecular weight excluding hydrogens is 743 g/mol. The smallest absolute Gasteiger partial charge is 0.259 e. The lowest BCUT2D eigenvalue weighted by Gasteiger charge is -2.29. The second-order valence-electron chi connectivity index (χ2n) is 15.3. The Bertz CT molecular complexity index is 2190. The first-order valence-corrected chi connectivity index (χ1v) is 22.5. The quantitative estimate of drug-likeness (QED) is 0.255. The van der Waals surface area contributed by atoms with Gasteiger partial charge >= 0.3 is 0 Å². The van der Waals surface area contributed by atoms with Crippen molar-refractivity contribution in [3.05, 3.63) is 72.8 Å². The van der Waals surface area contributed by atoms with Crippen LogP contribution in [0, 0.1) is 5.92 Å². The van der Waals surface area contributed by atoms with Crippen molar-refractivity contribution in [3.63, 3.8) is 0 Å². The van der Waals surface area contributed by atoms with Gasteiger partial charge in [0.2, 0.25) is 31.9 Å². The van der Waals surface area contributed by atoms with Gasteiger partial charge in [0.25, 0.3) is 5.91 Å². The SMILES string of the molecule is C=C[C@@H]1C[C@]1(NC(=O)[C@@H]1C[C@@H]2CN1C(=O)[C@H](CCCC)NS(=O)(=O)CCCCCc1ccc3nc(-c4ccccc4)cc(c3c1)O2)C(=O)NS(=O)(=O)C1CC1. The highest BCUT2D eigenvalue weighted by atomic mass is 32.2. The number of hydrogen-bond acceptors (Lipinski definition) is 9. The van der Waals surface area contributed by atoms with Crippen molar-refractivity contribution in [1.29, 1.82) is 0 Å². The van der Waals surface area contributed by atoms with E-state index in [1.54, 1.807) is 0 Å². The summed E-state index contributed by atoms with van der Waals surface area (Å²) in [5, 5.41) is 2.94. The van der Waals surface area contributed by atoms with E-state index in [9.17, 15) is 31.2 Å². The highest BCUT2D eigenvalue weighted by molar-refractivity contribution is 7.91. The van der Waals surface area contributed by atoms with E-state index in [0.717, 1.165) is 29.4 Å². The molecule has 4 aliphatic rings. The first-order chi connectivity index (χ1) is 26.3. The van der Waals surface area contributed by atoms with Crippen molar-refractivity contribution < 1.29 is 36.0 Å². The van der Waals surface area contributed by atoms with Gasteiger partial charge in [-0.2, -0.15) is 0 Å². The Labute approximate surface area is 322 Å². The van der Waals surface area contributed by atoms with E-state index in [0.29, 0.717) is 55.5 Å². The number of sulfonamides is 2. The van der Waals surface area contributed by atoms with Crippen LogP contribution < -0.4 is 19.5 Å². The van der Waals surface area contributed by atoms with E-state index in [4.69, 9.17) is 9.72 Å². The van der Waals surface area contributed by atoms with Crippen molar-refractivity contribution in [2.24, 2.45) is 5.92 Å². The number of unbranched alkanes of at least 4 members (excludes halogenated alkanes) is 1. The number of carbonyl (C=O) groups excluding carboxylic acids is 3. The molecule has 3 fully saturated rings. The standard InChI is InChI=1S/C40H49N5O8S2/c1-3-5-15-33-38(47)45-25-29(22-35(45)37(46)42-40(24-28(40)4-2)39(48)44-55(51,52)30-17-18-30)53-36-23-34(27-13-9-6-10-14-27)41-32-19-16-26(21-31(32)36)12-8-7-11-20-54(49,50)43-33/h4,6,9-10,13-14,16,19,21,23,28-30,33,35,43H,2-3,5,7-8,11-12,15,17-18,20,22,24-25H2,1H3,(H,42,46)(H,44,48)/t28-,29-,33+,35+,40-/m1/s1. The van der Waals surface area contributed by atoms with E-state index >= 15 is 0 Å². The zero-order chi connectivity index (χ0) is 39.0. The topological polar surface area (TPSA) is 181 Å². The summed E-state index contributed by atoms with van der Waals surface area (Å²) >= 11 is 0. The number of nitrogens with one attached hydrogen (secondary N) is 3. The molecule has 4 bridgehead atoms. The second-order valence-corrected chi connectivity index (χ2v) is 19.2. The Balaban J connectivity index is 1.25. The average molecular weight is 792 g/mol. The summed E-state index contributed by atoms with van der Waals surface area (Å²) in [4.78, 5) is 48.7. The maximum absolute atomic E-state index is 14.5. The number of amides is 3. The van der Waals surface area contributed by atoms with Gasteiger partial charge in [-0.25, -0.2) is 26.5 Å². The van der Waals surface area contributed by atoms with Crippen molar-refractivity contribution >= 4 is 48.7 Å². The van der Waals surface area contributed by atoms with Crippen LogP contribution in [0.15, 0.2) is 67.3 Å². The van der Waals surface area contributed by atoms with Crippen molar-refractivity contribution in [2.75, 3.05) is 12.3 Å². The molecule has 5 atom stereocenters. The third-order valence-electron chi connectivity index (χ3n) is 11.1. The molecule has 3 heterocycles. The van der Waals surface area contributed by atoms with Crippen LogP contribution >= 0.6 is 0 Å². The highest BCUT2D eigenvalue weighted by Crippen LogP contribution is 2.45. The summed E-state index contributed by atoms with van der Waals surface area (Å²) in [5.41, 5.74) is 1.77. The third-order valence-corrected chi connectivity index (χ3v) is 14.4. The highest BCUT2D eigenvalue weighted by Gasteiger charge is 2.62. The predicted molar refractivity (Wildman–Crippen MR) is 209 cm³/mol. The fraction of sp³-hybridized carbons (Fsp3) is 0.500. The first-order valence-electron chi connectivity index (χ1n) is 19.3. The third kappa shape index (κ3) is 8.58. The number of carbonyl (C=O) groups is 3. The predicted octanol–water partition coefficient (Wildman–Crippen LogP) is 4.12. The molecule has 2 aliphatic heterocycles. The molecule has 15 heteroatoms. The van der Waals surface area contributed by atoms with Gasteiger partial charge in [-0.15, -0.1) is 6.58 Å². The number of ether oxygens (including phenoxy) is 1. The van der Waals surface area contributed by atoms with E-state index in [1.165, 1.54) is 11.0 Å². The van der Waals surface area contributed by atoms with Gasteiger partial charge in [0.1, 0.15) is 29.5 Å². The minimum absolute atomic E-state index is 0.0336. The molecule has 1 saturated heterocycles. The van der Waals surface area contributed by atoms with Crippen molar-refractivity contribution in [1.82, 2.24) is 24.6 Å². The number of rotatable bonds is 10. The molecule has 0 radical (unpaired) electrons. The Kier molecular flexibility index (Phi) is 11.1. The van der Waals surface area contributed by atoms with Crippen LogP contribution in [-0.2, 0) is 40.9 Å². The summed E-state index contributed by atoms with van der Waals surface area (Å²) in [5.74, 6) is -2.21. The van der Waals surface area contributed by atoms with Crippen LogP contribution in [0.5, 0.6) is 5.75 Å². The summed E-state index contributed by atoms with van der Waals surface area (Å²) < 4.78 is 63.8. The Hall–Kier alpha value is -4.34. The van der Waals surface area contributed by atoms with Crippen LogP contribution in [0.25, 0.3) is 22.2 Å². The van der Waals surface area contributed by atoms with E-state index < -0.39 is 72.7 Å². The van der Waals surface area contributed by atoms with Crippen LogP contribution in [0.2, 0.25) is 0 Å². The number of pyridine rings is 1. The zero-order valence-electron chi connectivity index (χ0n) is 31.0. The maximum Gasteiger partial charge on any atom is 0.259 e. The normalized spacial score (nSPS) is 26.9. The average Bonchev–Trinajstić information content (AvgIpc) is 4.09. The number of aryl methyl sites for hydroxylation is 1. The van der Waals surface area contributed by atoms with Crippen LogP contribution in [0.4, 0.5) is 0 Å². The molecule has 1 aromatic heterocycles. The Morgan fingerprint density at radius 3 is 2.60 bits per heavy atom. The van der Waals surface area contributed by atoms with Crippen LogP contribution in [0.3, 0.4) is 0 Å². The molecular formula is C40H49N5O8S2. The van der Waals surface area contributed by atoms with E-state index in [1.807, 2.05) is 61.5 Å². The largest absolute Gasteiger partial charge is 0.488 e. The molecule has 2 aromatic carbocycles. The van der Waals surface area contributed by atoms with Crippen LogP contribution in [-0.4, -0.2) is 85.7 Å². The van der Waals surface area contributed by atoms with Gasteiger partial charge < -0.3 is 15.0 Å². The van der Waals surface area contributed by atoms with Gasteiger partial charge in [0.05, 0.1) is 28.8 Å². The van der Waals surface area contributed by atoms with Gasteiger partial charge in [-0.1, -0.05) is 68.7 Å². The molecule has 13 nitrogen and oxygen atoms in total. The number of nitrogens with zero attached hydrogens (tertiary/aromatic N) is 2. The molecule has 294 valence electrons. The van der Waals surface area contributed by atoms with Crippen LogP contribution in [0.1, 0.15) is 76.7 Å². The van der Waals surface area contributed by atoms with Gasteiger partial charge in [-0.3, -0.25) is 19.1 Å². The molecule has 2 aliphatic carbocycles. The van der Waals surface area contributed by atoms with Crippen molar-refractivity contribution in [2.45, 2.75) is 107 Å². The lowest BCUT2D eigenvalue weighted by molar-refractivity contribution is -0.141. The lowest BCUT2D eigenvalue weighted by atomic mass is 10.0. The van der Waals surface area contributed by atoms with Gasteiger partial charge in [0.15, 0.2) is 0 Å². The molecule has 3 amide bonds. The molecule has 0 spiro atoms. The monoisotopic (exact) mass is 791 g/mol. The lowest BCUT2D eigenvalue weighted by Crippen LogP contribution is -2.58. The number of benzene rings is 2. The summed E-state index contributed by atoms with van der Waals surface area (Å²) in [7, 11) is -7.76. The summed E-state index contributed by atoms with van der Waals surface area (Å²) in [6, 6.07) is 15.3. The van der Waals surface area contributed by atoms with E-state index in [2.05, 4.69) is 21.3 Å². The summed E-state index contributed by atoms with van der Waals surface area (Å²) in [6.45, 7) is 5.70. The zero-order valence-corrected chi connectivity index (χ0v) is 32.7. The minimum atomic E-state index is -3.91. The molecule has 7 rings (SSSR count). The van der Waals surface area contributed by atoms with Gasteiger partial charge in [-0.05, 0) is 62.6 Å². The number of hydrogen-bond donors (Lipinski definition) is 3. The first kappa shape index (κ1) is 38.9. The number of fused-ring (bicyclic) bond motifs is 3. The molecule has 2 saturated carbocycles. The maximum atomic E-state index is 14.5. The Morgan fingerprint density at radius 2 is 1.89 bits per heavy atom. The van der Waals surface area contributed by atoms with Crippen molar-refractivity contribution in [3.8, 4) is 17.0 Å². The molecule has 55 heavy (non-hydrogen) atoms. The minimum Gasteiger partial charge on any atom is -0.488 e. The molecule has 3 aromatic rings. The second kappa shape index (κ2) is 15.7. The summed E-state index contributed by atoms with van der Waals surface area (Å²) in [6.07, 6.45) is 5.97.